The van der Waals surface area contributed by atoms with E-state index in [1.54, 1.807) is 27.9 Å². The summed E-state index contributed by atoms with van der Waals surface area (Å²) >= 11 is 0. The van der Waals surface area contributed by atoms with Crippen molar-refractivity contribution in [1.82, 2.24) is 42.5 Å². The Labute approximate surface area is 631 Å². The molecule has 8 amide bonds. The maximum Gasteiger partial charge on any atom is 0.471 e. The van der Waals surface area contributed by atoms with Crippen LogP contribution < -0.4 is 48.3 Å². The summed E-state index contributed by atoms with van der Waals surface area (Å²) in [7, 11) is -1.06. The molecule has 0 aliphatic carbocycles. The zero-order valence-electron chi connectivity index (χ0n) is 62.5. The minimum atomic E-state index is -3.75. The molecule has 20 N–H and O–H groups in total. The lowest BCUT2D eigenvalue weighted by atomic mass is 9.82. The number of ether oxygens (including phenoxy) is 7. The molecule has 0 aromatic carbocycles. The molecule has 630 valence electrons. The number of phosphoric acid groups is 1. The number of methoxy groups -OCH3 is 1. The van der Waals surface area contributed by atoms with Gasteiger partial charge in [-0.15, -0.1) is 0 Å². The lowest BCUT2D eigenvalue weighted by Gasteiger charge is -2.40. The monoisotopic (exact) mass is 1570 g/mol. The molecule has 3 rings (SSSR count). The van der Waals surface area contributed by atoms with Crippen LogP contribution in [0.25, 0.3) is 0 Å². The largest absolute Gasteiger partial charge is 0.471 e. The molecule has 3 aliphatic rings. The molecule has 7 unspecified atom stereocenters. The Morgan fingerprint density at radius 3 is 1.01 bits per heavy atom. The Kier molecular flexibility index (Phi) is 59.3. The number of unbranched alkanes of at least 4 members (excludes halogenated alkanes) is 3. The fraction of sp³-hybridized carbons (Fsp3) is 0.884. The molecule has 3 aliphatic heterocycles. The highest BCUT2D eigenvalue weighted by atomic mass is 31.2. The van der Waals surface area contributed by atoms with Gasteiger partial charge in [-0.25, -0.2) is 4.57 Å². The number of carbonyl (C=O) groups is 8. The van der Waals surface area contributed by atoms with Gasteiger partial charge in [0.25, 0.3) is 0 Å². The van der Waals surface area contributed by atoms with Crippen molar-refractivity contribution >= 4 is 55.1 Å². The van der Waals surface area contributed by atoms with Crippen LogP contribution in [0, 0.1) is 17.8 Å². The van der Waals surface area contributed by atoms with Gasteiger partial charge in [0.15, 0.2) is 18.9 Å². The summed E-state index contributed by atoms with van der Waals surface area (Å²) in [6, 6.07) is 0. The van der Waals surface area contributed by atoms with Gasteiger partial charge in [0.2, 0.25) is 47.3 Å². The van der Waals surface area contributed by atoms with Crippen molar-refractivity contribution < 1.29 is 136 Å². The van der Waals surface area contributed by atoms with Gasteiger partial charge in [0.1, 0.15) is 36.6 Å². The smallest absolute Gasteiger partial charge is 0.394 e. The average Bonchev–Trinajstić information content (AvgIpc) is 0.847. The standard InChI is InChI=1S/C58H104N8O24.C7H18NO4P.C2H6.2CH4/c1-35-49(78)52(81)38(32-67)88-55(35)85-29-15-45(74)62-24-6-21-59-42(71)12-18-58(66-48(77)11-5-10-41(70)65-27-9-28-84-4,19-13-43(72)60-22-7-25-63-46(75)16-30-86-56-36(2)50(79)53(82)39(33-68)89-56)20-14-44(73)61-23-8-26-64-47(76)17-31-87-57-37(3)51(80)54(83)40(34-69)90-57;1-11-13(9,10)12-7-5-3-2-4-6-8;1-2;;/h35-40,49-57,67-69,78-83H,5-34H2,1-4H3,(H,59,71)(H,60,72)(H,61,73)(H,62,74)(H,63,75)(H,64,76)(H,65,70)(H,66,77);2-8H2,1H3,(H,9,10);1-2H3;2*1H4/t35?,36?,37?,38?,39?,40?,49-,50-,51-,52+,53+,54+,55-,56-,57-,58?;;;;/m1..../s1. The molecule has 37 nitrogen and oxygen atoms in total. The Morgan fingerprint density at radius 1 is 0.402 bits per heavy atom. The number of aliphatic hydroxyl groups is 9. The zero-order valence-corrected chi connectivity index (χ0v) is 63.4. The summed E-state index contributed by atoms with van der Waals surface area (Å²) in [6.45, 7) is 9.66. The van der Waals surface area contributed by atoms with E-state index in [1.807, 2.05) is 13.8 Å². The van der Waals surface area contributed by atoms with E-state index in [-0.39, 0.29) is 181 Å². The van der Waals surface area contributed by atoms with Gasteiger partial charge >= 0.3 is 7.82 Å². The van der Waals surface area contributed by atoms with Crippen LogP contribution >= 0.6 is 7.82 Å². The molecular formula is C69H136N9O28P. The van der Waals surface area contributed by atoms with Crippen LogP contribution in [0.5, 0.6) is 0 Å². The molecule has 0 aromatic heterocycles. The summed E-state index contributed by atoms with van der Waals surface area (Å²) in [5, 5.41) is 112. The third kappa shape index (κ3) is 44.1. The molecule has 0 saturated carbocycles. The van der Waals surface area contributed by atoms with Gasteiger partial charge in [-0.1, -0.05) is 62.3 Å². The van der Waals surface area contributed by atoms with Gasteiger partial charge in [-0.2, -0.15) is 0 Å². The summed E-state index contributed by atoms with van der Waals surface area (Å²) < 4.78 is 58.1. The van der Waals surface area contributed by atoms with E-state index < -0.39 is 148 Å². The van der Waals surface area contributed by atoms with Crippen molar-refractivity contribution in [1.29, 1.82) is 0 Å². The number of aliphatic hydroxyl groups excluding tert-OH is 9. The fourth-order valence-corrected chi connectivity index (χ4v) is 11.4. The molecular weight excluding hydrogens is 1430 g/mol. The maximum atomic E-state index is 13.8. The predicted octanol–water partition coefficient (Wildman–Crippen LogP) is -1.61. The fourth-order valence-electron chi connectivity index (χ4n) is 11.0. The van der Waals surface area contributed by atoms with Crippen molar-refractivity contribution in [3.8, 4) is 0 Å². The SMILES string of the molecule is C.C.CC.COCCCNC(=O)CCCC(=O)NC(CCC(=O)NCCCNC(=O)CCO[C@@H]1OC(CO)[C@H](O)[C@H](O)C1C)(CCC(=O)NCCCNC(=O)CCO[C@@H]1OC(CO)[C@H](O)[C@H](O)C1C)CCC(=O)NCCCNC(=O)CCO[C@@H]1OC(CO)[C@H](O)[C@H](O)C1C.COP(=O)(O)OCCCCCCN. The van der Waals surface area contributed by atoms with Gasteiger partial charge in [-0.05, 0) is 70.8 Å². The number of carbonyl (C=O) groups excluding carboxylic acids is 8. The molecule has 0 bridgehead atoms. The first-order chi connectivity index (χ1) is 50.1. The molecule has 3 heterocycles. The van der Waals surface area contributed by atoms with Gasteiger partial charge < -0.3 is 132 Å². The maximum absolute atomic E-state index is 13.8. The van der Waals surface area contributed by atoms with Crippen molar-refractivity contribution in [2.45, 2.75) is 257 Å². The Bertz CT molecular complexity index is 2280. The first-order valence-electron chi connectivity index (χ1n) is 36.7. The number of nitrogens with two attached hydrogens (primary N) is 1. The number of rotatable bonds is 53. The number of hydrogen-bond acceptors (Lipinski definition) is 28. The summed E-state index contributed by atoms with van der Waals surface area (Å²) in [6.07, 6.45) is -9.00. The Hall–Kier alpha value is -4.81. The molecule has 3 saturated heterocycles. The predicted molar refractivity (Wildman–Crippen MR) is 391 cm³/mol. The van der Waals surface area contributed by atoms with Crippen LogP contribution in [0.1, 0.15) is 178 Å². The summed E-state index contributed by atoms with van der Waals surface area (Å²) in [5.74, 6) is -5.06. The number of phosphoric ester groups is 1. The van der Waals surface area contributed by atoms with Crippen LogP contribution in [0.3, 0.4) is 0 Å². The van der Waals surface area contributed by atoms with E-state index in [1.165, 1.54) is 0 Å². The number of amides is 8. The van der Waals surface area contributed by atoms with Crippen molar-refractivity contribution in [3.05, 3.63) is 0 Å². The van der Waals surface area contributed by atoms with Crippen LogP contribution in [0.4, 0.5) is 0 Å². The Balaban J connectivity index is 0. The van der Waals surface area contributed by atoms with Gasteiger partial charge in [0, 0.05) is 122 Å². The van der Waals surface area contributed by atoms with Crippen LogP contribution in [0.15, 0.2) is 0 Å². The van der Waals surface area contributed by atoms with E-state index in [0.717, 1.165) is 32.8 Å². The molecule has 16 atom stereocenters. The van der Waals surface area contributed by atoms with E-state index in [9.17, 15) is 88.9 Å². The second-order valence-electron chi connectivity index (χ2n) is 25.8. The molecule has 0 spiro atoms. The van der Waals surface area contributed by atoms with E-state index >= 15 is 0 Å². The normalized spacial score (nSPS) is 24.9. The first-order valence-corrected chi connectivity index (χ1v) is 38.2. The third-order valence-corrected chi connectivity index (χ3v) is 18.5. The lowest BCUT2D eigenvalue weighted by Crippen LogP contribution is -2.55. The quantitative estimate of drug-likeness (QED) is 0.0240. The van der Waals surface area contributed by atoms with Crippen LogP contribution in [-0.2, 0) is 85.1 Å². The molecule has 0 radical (unpaired) electrons. The van der Waals surface area contributed by atoms with Crippen molar-refractivity contribution in [2.24, 2.45) is 23.5 Å². The third-order valence-electron chi connectivity index (χ3n) is 17.5. The average molecular weight is 1570 g/mol. The summed E-state index contributed by atoms with van der Waals surface area (Å²) in [5.41, 5.74) is 3.98. The van der Waals surface area contributed by atoms with Crippen molar-refractivity contribution in [3.63, 3.8) is 0 Å². The topological polar surface area (TPSA) is 561 Å². The zero-order chi connectivity index (χ0) is 78.8. The van der Waals surface area contributed by atoms with Crippen LogP contribution in [-0.4, -0.2) is 297 Å². The van der Waals surface area contributed by atoms with E-state index in [2.05, 4.69) is 51.6 Å². The molecule has 107 heavy (non-hydrogen) atoms. The molecule has 0 aromatic rings. The second-order valence-corrected chi connectivity index (χ2v) is 27.3. The highest BCUT2D eigenvalue weighted by molar-refractivity contribution is 7.47. The number of nitrogens with one attached hydrogen (secondary N) is 8. The van der Waals surface area contributed by atoms with Gasteiger partial charge in [0.05, 0.1) is 83.8 Å². The Morgan fingerprint density at radius 2 is 0.701 bits per heavy atom. The number of hydrogen-bond donors (Lipinski definition) is 19. The first kappa shape index (κ1) is 104. The lowest BCUT2D eigenvalue weighted by molar-refractivity contribution is -0.282. The molecule has 3 fully saturated rings. The van der Waals surface area contributed by atoms with Crippen LogP contribution in [0.2, 0.25) is 0 Å². The highest BCUT2D eigenvalue weighted by Crippen LogP contribution is 2.42. The second kappa shape index (κ2) is 60.9. The van der Waals surface area contributed by atoms with Crippen molar-refractivity contribution in [2.75, 3.05) is 119 Å². The minimum Gasteiger partial charge on any atom is -0.394 e. The summed E-state index contributed by atoms with van der Waals surface area (Å²) in [4.78, 5) is 113. The van der Waals surface area contributed by atoms with E-state index in [4.69, 9.17) is 43.8 Å². The minimum absolute atomic E-state index is 0. The molecule has 38 heteroatoms. The van der Waals surface area contributed by atoms with Gasteiger partial charge in [-0.3, -0.25) is 47.4 Å². The van der Waals surface area contributed by atoms with E-state index in [0.29, 0.717) is 45.4 Å². The highest BCUT2D eigenvalue weighted by Gasteiger charge is 2.45.